The van der Waals surface area contributed by atoms with E-state index in [1.807, 2.05) is 4.90 Å². The van der Waals surface area contributed by atoms with Crippen LogP contribution in [0.25, 0.3) is 0 Å². The molecule has 12 heteroatoms. The number of amides is 2. The number of hydrogen-bond acceptors (Lipinski definition) is 4. The molecule has 0 aliphatic carbocycles. The maximum Gasteiger partial charge on any atom is 0.471 e. The summed E-state index contributed by atoms with van der Waals surface area (Å²) in [5.41, 5.74) is -0.285. The quantitative estimate of drug-likeness (QED) is 0.565. The average molecular weight is 517 g/mol. The number of carbonyl (C=O) groups excluding carboxylic acids is 2. The second kappa shape index (κ2) is 9.73. The molecule has 2 fully saturated rings. The molecule has 2 aliphatic heterocycles. The highest BCUT2D eigenvalue weighted by molar-refractivity contribution is 7.99. The van der Waals surface area contributed by atoms with Gasteiger partial charge < -0.3 is 9.80 Å². The van der Waals surface area contributed by atoms with Crippen LogP contribution in [0.5, 0.6) is 0 Å². The molecule has 2 aromatic carbocycles. The number of alkyl halides is 6. The van der Waals surface area contributed by atoms with E-state index < -0.39 is 23.8 Å². The number of piperazine rings is 1. The molecule has 5 nitrogen and oxygen atoms in total. The lowest BCUT2D eigenvalue weighted by Gasteiger charge is -2.48. The molecule has 2 amide bonds. The minimum atomic E-state index is -4.87. The number of halogens is 6. The molecule has 2 aliphatic rings. The Morgan fingerprint density at radius 1 is 0.800 bits per heavy atom. The van der Waals surface area contributed by atoms with Crippen molar-refractivity contribution < 1.29 is 35.9 Å². The molecule has 35 heavy (non-hydrogen) atoms. The van der Waals surface area contributed by atoms with Gasteiger partial charge in [-0.15, -0.1) is 0 Å². The van der Waals surface area contributed by atoms with Gasteiger partial charge in [0, 0.05) is 60.7 Å². The van der Waals surface area contributed by atoms with Crippen molar-refractivity contribution in [1.29, 1.82) is 0 Å². The van der Waals surface area contributed by atoms with E-state index in [9.17, 15) is 35.9 Å². The molecule has 2 saturated heterocycles. The minimum absolute atomic E-state index is 0.00615. The van der Waals surface area contributed by atoms with Crippen LogP contribution < -0.4 is 0 Å². The fourth-order valence-corrected chi connectivity index (χ4v) is 4.92. The van der Waals surface area contributed by atoms with Gasteiger partial charge in [0.05, 0.1) is 5.56 Å². The van der Waals surface area contributed by atoms with Crippen LogP contribution in [0, 0.1) is 0 Å². The smallest absolute Gasteiger partial charge is 0.335 e. The Morgan fingerprint density at radius 2 is 1.43 bits per heavy atom. The average Bonchev–Trinajstić information content (AvgIpc) is 2.77. The lowest BCUT2D eigenvalue weighted by atomic mass is 10.0. The monoisotopic (exact) mass is 517 g/mol. The topological polar surface area (TPSA) is 43.9 Å². The van der Waals surface area contributed by atoms with Gasteiger partial charge in [-0.2, -0.15) is 26.3 Å². The van der Waals surface area contributed by atoms with Gasteiger partial charge in [-0.1, -0.05) is 17.8 Å². The van der Waals surface area contributed by atoms with E-state index >= 15 is 0 Å². The first-order valence-electron chi connectivity index (χ1n) is 10.8. The first-order chi connectivity index (χ1) is 16.4. The Morgan fingerprint density at radius 3 is 2.00 bits per heavy atom. The number of likely N-dealkylation sites (tertiary alicyclic amines) is 1. The maximum atomic E-state index is 12.9. The van der Waals surface area contributed by atoms with Gasteiger partial charge >= 0.3 is 18.3 Å². The highest BCUT2D eigenvalue weighted by Gasteiger charge is 2.44. The van der Waals surface area contributed by atoms with Crippen LogP contribution in [0.15, 0.2) is 58.3 Å². The van der Waals surface area contributed by atoms with E-state index in [0.717, 1.165) is 28.8 Å². The molecule has 0 unspecified atom stereocenters. The molecule has 0 saturated carbocycles. The van der Waals surface area contributed by atoms with Crippen molar-refractivity contribution in [2.24, 2.45) is 0 Å². The Labute approximate surface area is 201 Å². The third kappa shape index (κ3) is 5.92. The molecule has 4 rings (SSSR count). The summed E-state index contributed by atoms with van der Waals surface area (Å²) in [5, 5.41) is 0. The summed E-state index contributed by atoms with van der Waals surface area (Å²) < 4.78 is 76.4. The zero-order valence-electron chi connectivity index (χ0n) is 18.3. The maximum absolute atomic E-state index is 12.9. The third-order valence-electron chi connectivity index (χ3n) is 6.01. The van der Waals surface area contributed by atoms with Crippen LogP contribution in [0.1, 0.15) is 15.9 Å². The fourth-order valence-electron chi connectivity index (χ4n) is 4.04. The van der Waals surface area contributed by atoms with E-state index in [0.29, 0.717) is 41.5 Å². The summed E-state index contributed by atoms with van der Waals surface area (Å²) in [6.07, 6.45) is -9.29. The number of carbonyl (C=O) groups is 2. The van der Waals surface area contributed by atoms with Crippen molar-refractivity contribution in [3.63, 3.8) is 0 Å². The van der Waals surface area contributed by atoms with Crippen molar-refractivity contribution >= 4 is 23.6 Å². The second-order valence-electron chi connectivity index (χ2n) is 8.34. The number of hydrogen-bond donors (Lipinski definition) is 0. The van der Waals surface area contributed by atoms with Crippen LogP contribution in [0.3, 0.4) is 0 Å². The standard InChI is InChI=1S/C23H21F6N3O2S/c24-22(25,26)16-2-1-3-19(12-16)35-18-6-4-15(5-7-18)20(33)32-13-17(14-32)30-8-10-31(11-9-30)21(34)23(27,28)29/h1-7,12,17H,8-11,13-14H2. The summed E-state index contributed by atoms with van der Waals surface area (Å²) in [7, 11) is 0. The molecular weight excluding hydrogens is 496 g/mol. The Hall–Kier alpha value is -2.73. The number of benzene rings is 2. The van der Waals surface area contributed by atoms with Gasteiger partial charge in [0.15, 0.2) is 0 Å². The van der Waals surface area contributed by atoms with Crippen molar-refractivity contribution in [1.82, 2.24) is 14.7 Å². The van der Waals surface area contributed by atoms with Crippen LogP contribution in [0.2, 0.25) is 0 Å². The lowest BCUT2D eigenvalue weighted by Crippen LogP contribution is -2.65. The van der Waals surface area contributed by atoms with Crippen molar-refractivity contribution in [3.8, 4) is 0 Å². The van der Waals surface area contributed by atoms with Gasteiger partial charge in [-0.25, -0.2) is 0 Å². The van der Waals surface area contributed by atoms with E-state index in [-0.39, 0.29) is 25.0 Å². The highest BCUT2D eigenvalue weighted by atomic mass is 32.2. The Bertz CT molecular complexity index is 1080. The van der Waals surface area contributed by atoms with Crippen molar-refractivity contribution in [3.05, 3.63) is 59.7 Å². The van der Waals surface area contributed by atoms with Gasteiger partial charge in [-0.3, -0.25) is 14.5 Å². The predicted octanol–water partition coefficient (Wildman–Crippen LogP) is 4.39. The van der Waals surface area contributed by atoms with Crippen LogP contribution >= 0.6 is 11.8 Å². The second-order valence-corrected chi connectivity index (χ2v) is 9.49. The van der Waals surface area contributed by atoms with Gasteiger partial charge in [0.2, 0.25) is 0 Å². The molecule has 2 heterocycles. The zero-order chi connectivity index (χ0) is 25.4. The highest BCUT2D eigenvalue weighted by Crippen LogP contribution is 2.34. The van der Waals surface area contributed by atoms with Crippen LogP contribution in [-0.4, -0.2) is 78.0 Å². The Balaban J connectivity index is 1.27. The number of rotatable bonds is 4. The van der Waals surface area contributed by atoms with Crippen LogP contribution in [0.4, 0.5) is 26.3 Å². The van der Waals surface area contributed by atoms with E-state index in [2.05, 4.69) is 0 Å². The molecule has 0 spiro atoms. The summed E-state index contributed by atoms with van der Waals surface area (Å²) >= 11 is 1.16. The van der Waals surface area contributed by atoms with E-state index in [1.165, 1.54) is 6.07 Å². The number of nitrogens with zero attached hydrogens (tertiary/aromatic N) is 3. The molecule has 0 bridgehead atoms. The van der Waals surface area contributed by atoms with E-state index in [4.69, 9.17) is 0 Å². The fraction of sp³-hybridized carbons (Fsp3) is 0.391. The van der Waals surface area contributed by atoms with Crippen molar-refractivity contribution in [2.75, 3.05) is 39.3 Å². The minimum Gasteiger partial charge on any atom is -0.335 e. The first kappa shape index (κ1) is 25.4. The van der Waals surface area contributed by atoms with Crippen LogP contribution in [-0.2, 0) is 11.0 Å². The summed E-state index contributed by atoms with van der Waals surface area (Å²) in [6.45, 7) is 1.49. The molecular formula is C23H21F6N3O2S. The zero-order valence-corrected chi connectivity index (χ0v) is 19.1. The SMILES string of the molecule is O=C(c1ccc(Sc2cccc(C(F)(F)F)c2)cc1)N1CC(N2CCN(C(=O)C(F)(F)F)CC2)C1. The lowest BCUT2D eigenvalue weighted by molar-refractivity contribution is -0.187. The molecule has 0 atom stereocenters. The van der Waals surface area contributed by atoms with Gasteiger partial charge in [0.1, 0.15) is 0 Å². The summed E-state index contributed by atoms with van der Waals surface area (Å²) in [6, 6.07) is 11.6. The molecule has 0 aromatic heterocycles. The van der Waals surface area contributed by atoms with Gasteiger partial charge in [0.25, 0.3) is 5.91 Å². The normalized spacial score (nSPS) is 17.9. The van der Waals surface area contributed by atoms with E-state index in [1.54, 1.807) is 35.2 Å². The molecule has 2 aromatic rings. The third-order valence-corrected chi connectivity index (χ3v) is 7.01. The predicted molar refractivity (Wildman–Crippen MR) is 116 cm³/mol. The largest absolute Gasteiger partial charge is 0.471 e. The Kier molecular flexibility index (Phi) is 7.05. The molecule has 188 valence electrons. The first-order valence-corrected chi connectivity index (χ1v) is 11.6. The summed E-state index contributed by atoms with van der Waals surface area (Å²) in [4.78, 5) is 29.6. The summed E-state index contributed by atoms with van der Waals surface area (Å²) in [5.74, 6) is -2.01. The van der Waals surface area contributed by atoms with Gasteiger partial charge in [-0.05, 0) is 42.5 Å². The molecule has 0 radical (unpaired) electrons. The molecule has 0 N–H and O–H groups in total. The van der Waals surface area contributed by atoms with Crippen molar-refractivity contribution in [2.45, 2.75) is 28.2 Å².